The van der Waals surface area contributed by atoms with Crippen molar-refractivity contribution in [2.24, 2.45) is 5.92 Å². The Balaban J connectivity index is 2.30. The van der Waals surface area contributed by atoms with Crippen LogP contribution in [0, 0.1) is 5.92 Å². The van der Waals surface area contributed by atoms with Gasteiger partial charge in [-0.2, -0.15) is 0 Å². The zero-order valence-corrected chi connectivity index (χ0v) is 11.0. The number of aliphatic hydroxyl groups excluding tert-OH is 1. The molecule has 1 fully saturated rings. The van der Waals surface area contributed by atoms with E-state index in [1.807, 2.05) is 11.8 Å². The second-order valence-electron chi connectivity index (χ2n) is 4.95. The minimum Gasteiger partial charge on any atom is -0.396 e. The van der Waals surface area contributed by atoms with Crippen molar-refractivity contribution in [2.45, 2.75) is 45.1 Å². The summed E-state index contributed by atoms with van der Waals surface area (Å²) in [5.74, 6) is 0.717. The van der Waals surface area contributed by atoms with Crippen LogP contribution >= 0.6 is 0 Å². The van der Waals surface area contributed by atoms with E-state index >= 15 is 0 Å². The number of piperidine rings is 1. The van der Waals surface area contributed by atoms with Crippen LogP contribution in [0.4, 0.5) is 0 Å². The molecule has 17 heavy (non-hydrogen) atoms. The third-order valence-electron chi connectivity index (χ3n) is 3.58. The minimum atomic E-state index is 0.150. The Morgan fingerprint density at radius 1 is 1.59 bits per heavy atom. The summed E-state index contributed by atoms with van der Waals surface area (Å²) in [5, 5.41) is 8.93. The molecule has 1 amide bonds. The third-order valence-corrected chi connectivity index (χ3v) is 3.58. The molecule has 0 aromatic carbocycles. The van der Waals surface area contributed by atoms with Crippen molar-refractivity contribution in [2.75, 3.05) is 26.8 Å². The maximum absolute atomic E-state index is 12.0. The molecule has 4 heteroatoms. The highest BCUT2D eigenvalue weighted by atomic mass is 16.5. The lowest BCUT2D eigenvalue weighted by Crippen LogP contribution is -2.40. The van der Waals surface area contributed by atoms with Gasteiger partial charge in [0, 0.05) is 33.2 Å². The van der Waals surface area contributed by atoms with Crippen molar-refractivity contribution >= 4 is 5.91 Å². The van der Waals surface area contributed by atoms with Crippen LogP contribution in [0.15, 0.2) is 0 Å². The molecule has 1 aliphatic rings. The van der Waals surface area contributed by atoms with E-state index < -0.39 is 0 Å². The Bertz CT molecular complexity index is 231. The molecule has 4 nitrogen and oxygen atoms in total. The van der Waals surface area contributed by atoms with Crippen LogP contribution in [-0.4, -0.2) is 48.8 Å². The van der Waals surface area contributed by atoms with E-state index in [0.29, 0.717) is 12.3 Å². The molecule has 100 valence electrons. The lowest BCUT2D eigenvalue weighted by atomic mass is 9.95. The Morgan fingerprint density at radius 3 is 3.00 bits per heavy atom. The lowest BCUT2D eigenvalue weighted by molar-refractivity contribution is -0.133. The van der Waals surface area contributed by atoms with E-state index in [-0.39, 0.29) is 18.6 Å². The lowest BCUT2D eigenvalue weighted by Gasteiger charge is -2.32. The summed E-state index contributed by atoms with van der Waals surface area (Å²) in [6.07, 6.45) is 4.53. The molecular formula is C13H25NO3. The Morgan fingerprint density at radius 2 is 2.35 bits per heavy atom. The quantitative estimate of drug-likeness (QED) is 0.767. The molecule has 1 rings (SSSR count). The van der Waals surface area contributed by atoms with E-state index in [0.717, 1.165) is 38.8 Å². The van der Waals surface area contributed by atoms with E-state index in [2.05, 4.69) is 0 Å². The molecule has 0 radical (unpaired) electrons. The van der Waals surface area contributed by atoms with Crippen molar-refractivity contribution in [1.29, 1.82) is 0 Å². The van der Waals surface area contributed by atoms with E-state index in [1.165, 1.54) is 0 Å². The number of ether oxygens (including phenoxy) is 1. The van der Waals surface area contributed by atoms with Gasteiger partial charge in [-0.1, -0.05) is 0 Å². The van der Waals surface area contributed by atoms with Crippen LogP contribution in [-0.2, 0) is 9.53 Å². The number of carbonyl (C=O) groups excluding carboxylic acids is 1. The smallest absolute Gasteiger partial charge is 0.222 e. The van der Waals surface area contributed by atoms with E-state index in [4.69, 9.17) is 9.84 Å². The van der Waals surface area contributed by atoms with Gasteiger partial charge in [0.2, 0.25) is 5.91 Å². The second kappa shape index (κ2) is 7.67. The molecule has 0 aliphatic carbocycles. The van der Waals surface area contributed by atoms with Crippen molar-refractivity contribution in [3.63, 3.8) is 0 Å². The largest absolute Gasteiger partial charge is 0.396 e. The Hall–Kier alpha value is -0.610. The van der Waals surface area contributed by atoms with Gasteiger partial charge in [0.15, 0.2) is 0 Å². The van der Waals surface area contributed by atoms with E-state index in [1.54, 1.807) is 7.11 Å². The van der Waals surface area contributed by atoms with Crippen LogP contribution in [0.3, 0.4) is 0 Å². The first-order valence-electron chi connectivity index (χ1n) is 6.58. The van der Waals surface area contributed by atoms with Gasteiger partial charge in [-0.25, -0.2) is 0 Å². The highest BCUT2D eigenvalue weighted by molar-refractivity contribution is 5.76. The standard InChI is InChI=1S/C13H25NO3/c1-11(17-2)5-6-13(16)14-8-3-4-12(10-14)7-9-15/h11-12,15H,3-10H2,1-2H3. The first kappa shape index (κ1) is 14.5. The third kappa shape index (κ3) is 5.04. The minimum absolute atomic E-state index is 0.150. The SMILES string of the molecule is COC(C)CCC(=O)N1CCCC(CCO)C1. The number of amides is 1. The monoisotopic (exact) mass is 243 g/mol. The van der Waals surface area contributed by atoms with Crippen LogP contribution < -0.4 is 0 Å². The van der Waals surface area contributed by atoms with Crippen LogP contribution in [0.1, 0.15) is 39.0 Å². The maximum Gasteiger partial charge on any atom is 0.222 e. The number of carbonyl (C=O) groups is 1. The number of methoxy groups -OCH3 is 1. The molecule has 0 aromatic rings. The normalized spacial score (nSPS) is 22.5. The van der Waals surface area contributed by atoms with Crippen LogP contribution in [0.2, 0.25) is 0 Å². The first-order valence-corrected chi connectivity index (χ1v) is 6.58. The van der Waals surface area contributed by atoms with Gasteiger partial charge in [0.25, 0.3) is 0 Å². The number of likely N-dealkylation sites (tertiary alicyclic amines) is 1. The van der Waals surface area contributed by atoms with Gasteiger partial charge in [0.05, 0.1) is 6.10 Å². The molecule has 2 unspecified atom stereocenters. The molecule has 1 saturated heterocycles. The van der Waals surface area contributed by atoms with Gasteiger partial charge in [-0.05, 0) is 38.5 Å². The number of hydrogen-bond acceptors (Lipinski definition) is 3. The Labute approximate surface area is 104 Å². The number of nitrogens with zero attached hydrogens (tertiary/aromatic N) is 1. The molecule has 2 atom stereocenters. The predicted octanol–water partition coefficient (Wildman–Crippen LogP) is 1.42. The molecule has 0 spiro atoms. The molecular weight excluding hydrogens is 218 g/mol. The molecule has 1 aliphatic heterocycles. The van der Waals surface area contributed by atoms with Crippen molar-refractivity contribution in [3.8, 4) is 0 Å². The topological polar surface area (TPSA) is 49.8 Å². The van der Waals surface area contributed by atoms with Gasteiger partial charge in [-0.3, -0.25) is 4.79 Å². The summed E-state index contributed by atoms with van der Waals surface area (Å²) >= 11 is 0. The van der Waals surface area contributed by atoms with Crippen molar-refractivity contribution in [3.05, 3.63) is 0 Å². The highest BCUT2D eigenvalue weighted by Crippen LogP contribution is 2.20. The molecule has 0 saturated carbocycles. The molecule has 1 N–H and O–H groups in total. The fourth-order valence-electron chi connectivity index (χ4n) is 2.31. The zero-order chi connectivity index (χ0) is 12.7. The van der Waals surface area contributed by atoms with Gasteiger partial charge in [-0.15, -0.1) is 0 Å². The highest BCUT2D eigenvalue weighted by Gasteiger charge is 2.23. The zero-order valence-electron chi connectivity index (χ0n) is 11.0. The first-order chi connectivity index (χ1) is 8.17. The number of rotatable bonds is 6. The van der Waals surface area contributed by atoms with Crippen LogP contribution in [0.5, 0.6) is 0 Å². The molecule has 1 heterocycles. The fraction of sp³-hybridized carbons (Fsp3) is 0.923. The van der Waals surface area contributed by atoms with Crippen molar-refractivity contribution < 1.29 is 14.6 Å². The van der Waals surface area contributed by atoms with Gasteiger partial charge in [0.1, 0.15) is 0 Å². The number of hydrogen-bond donors (Lipinski definition) is 1. The average molecular weight is 243 g/mol. The van der Waals surface area contributed by atoms with E-state index in [9.17, 15) is 4.79 Å². The summed E-state index contributed by atoms with van der Waals surface area (Å²) in [4.78, 5) is 13.9. The average Bonchev–Trinajstić information content (AvgIpc) is 2.36. The second-order valence-corrected chi connectivity index (χ2v) is 4.95. The van der Waals surface area contributed by atoms with Crippen LogP contribution in [0.25, 0.3) is 0 Å². The summed E-state index contributed by atoms with van der Waals surface area (Å²) < 4.78 is 5.14. The summed E-state index contributed by atoms with van der Waals surface area (Å²) in [6.45, 7) is 3.91. The van der Waals surface area contributed by atoms with Crippen molar-refractivity contribution in [1.82, 2.24) is 4.90 Å². The molecule has 0 bridgehead atoms. The summed E-state index contributed by atoms with van der Waals surface area (Å²) in [6, 6.07) is 0. The summed E-state index contributed by atoms with van der Waals surface area (Å²) in [7, 11) is 1.67. The van der Waals surface area contributed by atoms with Gasteiger partial charge < -0.3 is 14.7 Å². The molecule has 0 aromatic heterocycles. The maximum atomic E-state index is 12.0. The number of aliphatic hydroxyl groups is 1. The summed E-state index contributed by atoms with van der Waals surface area (Å²) in [5.41, 5.74) is 0. The Kier molecular flexibility index (Phi) is 6.52. The fourth-order valence-corrected chi connectivity index (χ4v) is 2.31. The van der Waals surface area contributed by atoms with Gasteiger partial charge >= 0.3 is 0 Å². The predicted molar refractivity (Wildman–Crippen MR) is 66.7 cm³/mol.